The Morgan fingerprint density at radius 2 is 2.04 bits per heavy atom. The Morgan fingerprint density at radius 1 is 1.18 bits per heavy atom. The minimum Gasteiger partial charge on any atom is -0.465 e. The number of esters is 1. The third-order valence-electron chi connectivity index (χ3n) is 4.97. The van der Waals surface area contributed by atoms with Crippen molar-refractivity contribution in [3.05, 3.63) is 83.9 Å². The summed E-state index contributed by atoms with van der Waals surface area (Å²) < 4.78 is 6.92. The van der Waals surface area contributed by atoms with Gasteiger partial charge >= 0.3 is 5.97 Å². The van der Waals surface area contributed by atoms with Crippen LogP contribution < -0.4 is 5.32 Å². The van der Waals surface area contributed by atoms with E-state index in [2.05, 4.69) is 20.9 Å². The maximum Gasteiger partial charge on any atom is 0.337 e. The number of rotatable bonds is 4. The van der Waals surface area contributed by atoms with E-state index in [9.17, 15) is 4.79 Å². The van der Waals surface area contributed by atoms with Crippen molar-refractivity contribution in [2.75, 3.05) is 14.2 Å². The monoisotopic (exact) mass is 392 g/mol. The fourth-order valence-corrected chi connectivity index (χ4v) is 3.84. The lowest BCUT2D eigenvalue weighted by molar-refractivity contribution is 0.0600. The van der Waals surface area contributed by atoms with Crippen LogP contribution in [0, 0.1) is 0 Å². The number of ether oxygens (including phenoxy) is 1. The predicted molar refractivity (Wildman–Crippen MR) is 110 cm³/mol. The van der Waals surface area contributed by atoms with E-state index in [0.29, 0.717) is 10.7 Å². The first-order chi connectivity index (χ1) is 13.6. The fraction of sp³-hybridized carbons (Fsp3) is 0.190. The minimum absolute atomic E-state index is 0.0424. The number of nitrogens with zero attached hydrogens (tertiary/aromatic N) is 3. The van der Waals surface area contributed by atoms with E-state index in [-0.39, 0.29) is 18.1 Å². The zero-order valence-electron chi connectivity index (χ0n) is 15.6. The van der Waals surface area contributed by atoms with Crippen LogP contribution in [-0.4, -0.2) is 39.7 Å². The molecule has 1 fully saturated rings. The first kappa shape index (κ1) is 18.2. The summed E-state index contributed by atoms with van der Waals surface area (Å²) in [6, 6.07) is 17.2. The van der Waals surface area contributed by atoms with Crippen LogP contribution >= 0.6 is 12.2 Å². The molecule has 1 N–H and O–H groups in total. The van der Waals surface area contributed by atoms with E-state index in [0.717, 1.165) is 17.1 Å². The quantitative estimate of drug-likeness (QED) is 0.543. The van der Waals surface area contributed by atoms with Gasteiger partial charge in [0.1, 0.15) is 0 Å². The average Bonchev–Trinajstić information content (AvgIpc) is 3.33. The Balaban J connectivity index is 1.77. The summed E-state index contributed by atoms with van der Waals surface area (Å²) in [5.41, 5.74) is 3.37. The topological polar surface area (TPSA) is 59.4 Å². The number of hydrogen-bond donors (Lipinski definition) is 1. The molecule has 6 nitrogen and oxygen atoms in total. The number of carbonyl (C=O) groups excluding carboxylic acids is 1. The molecule has 142 valence electrons. The second-order valence-corrected chi connectivity index (χ2v) is 6.97. The molecule has 0 bridgehead atoms. The standard InChI is InChI=1S/C21H20N4O2S/c1-24-19(18(23-21(24)28)16-9-3-4-11-22-16)17-10-6-12-25(17)15-8-5-7-14(13-15)20(26)27-2/h3-13,18-19H,1-2H3,(H,23,28)/t18-,19+/m1/s1. The van der Waals surface area contributed by atoms with Crippen LogP contribution in [0.4, 0.5) is 0 Å². The maximum atomic E-state index is 11.9. The van der Waals surface area contributed by atoms with Gasteiger partial charge in [0.05, 0.1) is 30.5 Å². The highest BCUT2D eigenvalue weighted by atomic mass is 32.1. The molecule has 3 heterocycles. The molecule has 0 spiro atoms. The summed E-state index contributed by atoms with van der Waals surface area (Å²) in [6.07, 6.45) is 3.77. The highest BCUT2D eigenvalue weighted by Crippen LogP contribution is 2.38. The molecule has 7 heteroatoms. The minimum atomic E-state index is -0.359. The van der Waals surface area contributed by atoms with E-state index in [1.165, 1.54) is 7.11 Å². The Hall–Kier alpha value is -3.19. The number of thiocarbonyl (C=S) groups is 1. The molecule has 28 heavy (non-hydrogen) atoms. The lowest BCUT2D eigenvalue weighted by atomic mass is 10.0. The molecular weight excluding hydrogens is 372 g/mol. The van der Waals surface area contributed by atoms with Crippen LogP contribution in [0.15, 0.2) is 67.0 Å². The van der Waals surface area contributed by atoms with Crippen molar-refractivity contribution >= 4 is 23.3 Å². The van der Waals surface area contributed by atoms with Crippen molar-refractivity contribution in [3.8, 4) is 5.69 Å². The third-order valence-corrected chi connectivity index (χ3v) is 5.37. The first-order valence-corrected chi connectivity index (χ1v) is 9.31. The van der Waals surface area contributed by atoms with Crippen molar-refractivity contribution in [2.24, 2.45) is 0 Å². The van der Waals surface area contributed by atoms with Crippen molar-refractivity contribution < 1.29 is 9.53 Å². The second kappa shape index (κ2) is 7.44. The molecule has 1 aliphatic rings. The predicted octanol–water partition coefficient (Wildman–Crippen LogP) is 3.26. The fourth-order valence-electron chi connectivity index (χ4n) is 3.60. The smallest absolute Gasteiger partial charge is 0.337 e. The van der Waals surface area contributed by atoms with Gasteiger partial charge in [-0.05, 0) is 54.7 Å². The highest BCUT2D eigenvalue weighted by molar-refractivity contribution is 7.80. The van der Waals surface area contributed by atoms with Gasteiger partial charge in [-0.15, -0.1) is 0 Å². The van der Waals surface area contributed by atoms with Gasteiger partial charge in [0.2, 0.25) is 0 Å². The second-order valence-electron chi connectivity index (χ2n) is 6.58. The summed E-state index contributed by atoms with van der Waals surface area (Å²) in [5, 5.41) is 4.06. The molecule has 1 aliphatic heterocycles. The van der Waals surface area contributed by atoms with E-state index in [4.69, 9.17) is 17.0 Å². The molecule has 0 saturated carbocycles. The van der Waals surface area contributed by atoms with E-state index >= 15 is 0 Å². The first-order valence-electron chi connectivity index (χ1n) is 8.90. The highest BCUT2D eigenvalue weighted by Gasteiger charge is 2.39. The summed E-state index contributed by atoms with van der Waals surface area (Å²) in [5.74, 6) is -0.359. The van der Waals surface area contributed by atoms with Gasteiger partial charge in [0.15, 0.2) is 5.11 Å². The Morgan fingerprint density at radius 3 is 2.79 bits per heavy atom. The average molecular weight is 392 g/mol. The molecule has 0 radical (unpaired) electrons. The lowest BCUT2D eigenvalue weighted by Crippen LogP contribution is -2.25. The van der Waals surface area contributed by atoms with Gasteiger partial charge in [0.25, 0.3) is 0 Å². The number of benzene rings is 1. The number of methoxy groups -OCH3 is 1. The van der Waals surface area contributed by atoms with Crippen LogP contribution in [0.3, 0.4) is 0 Å². The molecular formula is C21H20N4O2S. The molecule has 1 saturated heterocycles. The lowest BCUT2D eigenvalue weighted by Gasteiger charge is -2.25. The molecule has 2 aromatic heterocycles. The van der Waals surface area contributed by atoms with Crippen LogP contribution in [0.2, 0.25) is 0 Å². The zero-order valence-corrected chi connectivity index (χ0v) is 16.4. The summed E-state index contributed by atoms with van der Waals surface area (Å²) in [6.45, 7) is 0. The van der Waals surface area contributed by atoms with Gasteiger partial charge in [-0.1, -0.05) is 12.1 Å². The number of hydrogen-bond acceptors (Lipinski definition) is 4. The summed E-state index contributed by atoms with van der Waals surface area (Å²) in [7, 11) is 3.36. The van der Waals surface area contributed by atoms with Crippen molar-refractivity contribution in [2.45, 2.75) is 12.1 Å². The van der Waals surface area contributed by atoms with Crippen LogP contribution in [0.5, 0.6) is 0 Å². The molecule has 1 aromatic carbocycles. The van der Waals surface area contributed by atoms with Crippen molar-refractivity contribution in [1.82, 2.24) is 19.8 Å². The number of carbonyl (C=O) groups is 1. The van der Waals surface area contributed by atoms with Gasteiger partial charge < -0.3 is 19.5 Å². The van der Waals surface area contributed by atoms with E-state index in [1.807, 2.05) is 60.6 Å². The normalized spacial score (nSPS) is 18.8. The molecule has 2 atom stereocenters. The van der Waals surface area contributed by atoms with Crippen LogP contribution in [0.1, 0.15) is 33.8 Å². The van der Waals surface area contributed by atoms with Gasteiger partial charge in [0, 0.05) is 30.8 Å². The van der Waals surface area contributed by atoms with Gasteiger partial charge in [-0.3, -0.25) is 4.98 Å². The maximum absolute atomic E-state index is 11.9. The summed E-state index contributed by atoms with van der Waals surface area (Å²) in [4.78, 5) is 18.5. The third kappa shape index (κ3) is 3.14. The van der Waals surface area contributed by atoms with Crippen LogP contribution in [0.25, 0.3) is 5.69 Å². The molecule has 3 aromatic rings. The molecule has 0 aliphatic carbocycles. The largest absolute Gasteiger partial charge is 0.465 e. The molecule has 0 amide bonds. The number of pyridine rings is 1. The van der Waals surface area contributed by atoms with Crippen molar-refractivity contribution in [1.29, 1.82) is 0 Å². The van der Waals surface area contributed by atoms with E-state index in [1.54, 1.807) is 12.3 Å². The number of aromatic nitrogens is 2. The van der Waals surface area contributed by atoms with Crippen LogP contribution in [-0.2, 0) is 4.74 Å². The molecule has 4 rings (SSSR count). The number of nitrogens with one attached hydrogen (secondary N) is 1. The molecule has 0 unspecified atom stereocenters. The van der Waals surface area contributed by atoms with Gasteiger partial charge in [-0.2, -0.15) is 0 Å². The zero-order chi connectivity index (χ0) is 19.7. The Kier molecular flexibility index (Phi) is 4.83. The number of likely N-dealkylation sites (N-methyl/N-ethyl adjacent to an activating group) is 1. The van der Waals surface area contributed by atoms with Gasteiger partial charge in [-0.25, -0.2) is 4.79 Å². The SMILES string of the molecule is COC(=O)c1cccc(-n2cccc2[C@H]2[C@@H](c3ccccn3)NC(=S)N2C)c1. The van der Waals surface area contributed by atoms with E-state index < -0.39 is 0 Å². The Bertz CT molecular complexity index is 1020. The van der Waals surface area contributed by atoms with Crippen molar-refractivity contribution in [3.63, 3.8) is 0 Å². The Labute approximate surface area is 168 Å². The summed E-state index contributed by atoms with van der Waals surface area (Å²) >= 11 is 5.52.